The van der Waals surface area contributed by atoms with Gasteiger partial charge in [0.25, 0.3) is 5.91 Å². The summed E-state index contributed by atoms with van der Waals surface area (Å²) in [6.45, 7) is 0. The van der Waals surface area contributed by atoms with Crippen LogP contribution in [0.2, 0.25) is 0 Å². The lowest BCUT2D eigenvalue weighted by Gasteiger charge is -2.23. The van der Waals surface area contributed by atoms with Gasteiger partial charge in [0.2, 0.25) is 5.91 Å². The molecule has 2 aliphatic rings. The van der Waals surface area contributed by atoms with Gasteiger partial charge in [-0.25, -0.2) is 0 Å². The summed E-state index contributed by atoms with van der Waals surface area (Å²) in [7, 11) is 0. The molecule has 0 unspecified atom stereocenters. The second-order valence-electron chi connectivity index (χ2n) is 4.32. The van der Waals surface area contributed by atoms with Crippen LogP contribution in [0.4, 0.5) is 5.69 Å². The zero-order chi connectivity index (χ0) is 12.0. The molecule has 2 N–H and O–H groups in total. The van der Waals surface area contributed by atoms with Crippen molar-refractivity contribution in [1.29, 1.82) is 0 Å². The van der Waals surface area contributed by atoms with E-state index in [0.29, 0.717) is 24.1 Å². The Bertz CT molecular complexity index is 500. The summed E-state index contributed by atoms with van der Waals surface area (Å²) in [6, 6.07) is 6.31. The maximum Gasteiger partial charge on any atom is 0.258 e. The minimum absolute atomic E-state index is 0.222. The lowest BCUT2D eigenvalue weighted by molar-refractivity contribution is -0.121. The average molecular weight is 232 g/mol. The molecule has 1 saturated heterocycles. The summed E-state index contributed by atoms with van der Waals surface area (Å²) < 4.78 is 0. The van der Waals surface area contributed by atoms with E-state index >= 15 is 0 Å². The number of aliphatic hydroxyl groups is 1. The third-order valence-electron chi connectivity index (χ3n) is 3.31. The number of amides is 2. The van der Waals surface area contributed by atoms with Crippen LogP contribution < -0.4 is 5.32 Å². The predicted molar refractivity (Wildman–Crippen MR) is 60.3 cm³/mol. The Kier molecular flexibility index (Phi) is 2.16. The molecule has 88 valence electrons. The monoisotopic (exact) mass is 232 g/mol. The standard InChI is InChI=1S/C12H12N2O3/c15-10-6-5-9-11(16)13-8-4-2-1-3-7(8)12(17)14(9)10/h1-4,9-10,15H,5-6H2,(H,13,16)/t9-,10+/m0/s1. The van der Waals surface area contributed by atoms with E-state index in [9.17, 15) is 14.7 Å². The first kappa shape index (κ1) is 10.3. The van der Waals surface area contributed by atoms with Crippen molar-refractivity contribution in [3.8, 4) is 0 Å². The van der Waals surface area contributed by atoms with Crippen LogP contribution in [0.5, 0.6) is 0 Å². The number of nitrogens with zero attached hydrogens (tertiary/aromatic N) is 1. The maximum atomic E-state index is 12.2. The molecule has 5 heteroatoms. The van der Waals surface area contributed by atoms with Crippen molar-refractivity contribution in [3.05, 3.63) is 29.8 Å². The number of hydrogen-bond acceptors (Lipinski definition) is 3. The number of aliphatic hydroxyl groups excluding tert-OH is 1. The molecule has 5 nitrogen and oxygen atoms in total. The van der Waals surface area contributed by atoms with Crippen molar-refractivity contribution >= 4 is 17.5 Å². The Morgan fingerprint density at radius 2 is 2.00 bits per heavy atom. The van der Waals surface area contributed by atoms with Gasteiger partial charge in [0, 0.05) is 0 Å². The van der Waals surface area contributed by atoms with Gasteiger partial charge in [0.1, 0.15) is 12.3 Å². The largest absolute Gasteiger partial charge is 0.373 e. The average Bonchev–Trinajstić information content (AvgIpc) is 2.66. The van der Waals surface area contributed by atoms with E-state index < -0.39 is 12.3 Å². The van der Waals surface area contributed by atoms with Crippen LogP contribution in [0.25, 0.3) is 0 Å². The van der Waals surface area contributed by atoms with Crippen LogP contribution in [0.15, 0.2) is 24.3 Å². The molecular formula is C12H12N2O3. The molecule has 1 fully saturated rings. The van der Waals surface area contributed by atoms with E-state index in [4.69, 9.17) is 0 Å². The molecule has 0 aliphatic carbocycles. The van der Waals surface area contributed by atoms with Gasteiger partial charge in [-0.3, -0.25) is 9.59 Å². The molecule has 0 radical (unpaired) electrons. The van der Waals surface area contributed by atoms with Gasteiger partial charge in [-0.05, 0) is 25.0 Å². The fraction of sp³-hybridized carbons (Fsp3) is 0.333. The van der Waals surface area contributed by atoms with Crippen LogP contribution in [0.3, 0.4) is 0 Å². The first-order valence-corrected chi connectivity index (χ1v) is 5.59. The normalized spacial score (nSPS) is 27.2. The van der Waals surface area contributed by atoms with Crippen LogP contribution in [-0.4, -0.2) is 34.1 Å². The number of benzene rings is 1. The Labute approximate surface area is 98.0 Å². The minimum Gasteiger partial charge on any atom is -0.373 e. The number of nitrogens with one attached hydrogen (secondary N) is 1. The van der Waals surface area contributed by atoms with Crippen molar-refractivity contribution < 1.29 is 14.7 Å². The Hall–Kier alpha value is -1.88. The zero-order valence-electron chi connectivity index (χ0n) is 9.09. The fourth-order valence-corrected chi connectivity index (χ4v) is 2.46. The van der Waals surface area contributed by atoms with Crippen molar-refractivity contribution in [1.82, 2.24) is 4.90 Å². The molecule has 0 bridgehead atoms. The molecule has 2 heterocycles. The Morgan fingerprint density at radius 3 is 2.82 bits per heavy atom. The highest BCUT2D eigenvalue weighted by Crippen LogP contribution is 2.31. The number of fused-ring (bicyclic) bond motifs is 2. The second kappa shape index (κ2) is 3.56. The predicted octanol–water partition coefficient (Wildman–Crippen LogP) is 0.562. The van der Waals surface area contributed by atoms with Gasteiger partial charge in [-0.15, -0.1) is 0 Å². The topological polar surface area (TPSA) is 69.6 Å². The molecule has 2 atom stereocenters. The quantitative estimate of drug-likeness (QED) is 0.686. The summed E-state index contributed by atoms with van der Waals surface area (Å²) in [5.41, 5.74) is 0.952. The second-order valence-corrected chi connectivity index (χ2v) is 4.32. The lowest BCUT2D eigenvalue weighted by atomic mass is 10.1. The number of carbonyl (C=O) groups is 2. The molecule has 1 aromatic carbocycles. The highest BCUT2D eigenvalue weighted by atomic mass is 16.3. The van der Waals surface area contributed by atoms with E-state index in [0.717, 1.165) is 0 Å². The maximum absolute atomic E-state index is 12.2. The van der Waals surface area contributed by atoms with E-state index in [-0.39, 0.29) is 11.8 Å². The van der Waals surface area contributed by atoms with Gasteiger partial charge < -0.3 is 15.3 Å². The lowest BCUT2D eigenvalue weighted by Crippen LogP contribution is -2.44. The van der Waals surface area contributed by atoms with Crippen molar-refractivity contribution in [2.75, 3.05) is 5.32 Å². The van der Waals surface area contributed by atoms with Crippen LogP contribution in [0.1, 0.15) is 23.2 Å². The van der Waals surface area contributed by atoms with Crippen molar-refractivity contribution in [2.45, 2.75) is 25.1 Å². The first-order valence-electron chi connectivity index (χ1n) is 5.59. The molecule has 2 aliphatic heterocycles. The third kappa shape index (κ3) is 1.43. The third-order valence-corrected chi connectivity index (χ3v) is 3.31. The highest BCUT2D eigenvalue weighted by molar-refractivity contribution is 6.10. The van der Waals surface area contributed by atoms with Gasteiger partial charge in [0.15, 0.2) is 0 Å². The van der Waals surface area contributed by atoms with E-state index in [1.165, 1.54) is 4.90 Å². The summed E-state index contributed by atoms with van der Waals surface area (Å²) in [6.07, 6.45) is 0.100. The molecule has 2 amide bonds. The van der Waals surface area contributed by atoms with E-state index in [1.807, 2.05) is 0 Å². The first-order chi connectivity index (χ1) is 8.18. The molecule has 0 aromatic heterocycles. The zero-order valence-corrected chi connectivity index (χ0v) is 9.09. The van der Waals surface area contributed by atoms with E-state index in [1.54, 1.807) is 24.3 Å². The molecule has 0 spiro atoms. The van der Waals surface area contributed by atoms with Gasteiger partial charge in [0.05, 0.1) is 11.3 Å². The minimum atomic E-state index is -0.857. The molecule has 3 rings (SSSR count). The fourth-order valence-electron chi connectivity index (χ4n) is 2.46. The Morgan fingerprint density at radius 1 is 1.24 bits per heavy atom. The van der Waals surface area contributed by atoms with Crippen LogP contribution >= 0.6 is 0 Å². The molecule has 0 saturated carbocycles. The SMILES string of the molecule is O=C1Nc2ccccc2C(=O)N2[C@H](O)CC[C@@H]12. The molecular weight excluding hydrogens is 220 g/mol. The van der Waals surface area contributed by atoms with Gasteiger partial charge in [-0.2, -0.15) is 0 Å². The smallest absolute Gasteiger partial charge is 0.258 e. The van der Waals surface area contributed by atoms with Crippen molar-refractivity contribution in [2.24, 2.45) is 0 Å². The summed E-state index contributed by atoms with van der Waals surface area (Å²) >= 11 is 0. The summed E-state index contributed by atoms with van der Waals surface area (Å²) in [4.78, 5) is 25.5. The number of carbonyl (C=O) groups excluding carboxylic acids is 2. The summed E-state index contributed by atoms with van der Waals surface area (Å²) in [5, 5.41) is 12.5. The number of anilines is 1. The number of hydrogen-bond donors (Lipinski definition) is 2. The number of para-hydroxylation sites is 1. The number of rotatable bonds is 0. The van der Waals surface area contributed by atoms with Gasteiger partial charge >= 0.3 is 0 Å². The molecule has 1 aromatic rings. The highest BCUT2D eigenvalue weighted by Gasteiger charge is 2.43. The van der Waals surface area contributed by atoms with E-state index in [2.05, 4.69) is 5.32 Å². The molecule has 17 heavy (non-hydrogen) atoms. The summed E-state index contributed by atoms with van der Waals surface area (Å²) in [5.74, 6) is -0.506. The van der Waals surface area contributed by atoms with Crippen LogP contribution in [0, 0.1) is 0 Å². The van der Waals surface area contributed by atoms with Gasteiger partial charge in [-0.1, -0.05) is 12.1 Å². The Balaban J connectivity index is 2.12. The van der Waals surface area contributed by atoms with Crippen molar-refractivity contribution in [3.63, 3.8) is 0 Å². The van der Waals surface area contributed by atoms with Crippen LogP contribution in [-0.2, 0) is 4.79 Å².